The number of pyridine rings is 1. The molecule has 2 aromatic heterocycles. The Morgan fingerprint density at radius 2 is 1.83 bits per heavy atom. The Morgan fingerprint density at radius 1 is 1.00 bits per heavy atom. The lowest BCUT2D eigenvalue weighted by molar-refractivity contribution is -0.137. The minimum Gasteiger partial charge on any atom is -0.334 e. The lowest BCUT2D eigenvalue weighted by Crippen LogP contribution is -2.47. The van der Waals surface area contributed by atoms with E-state index in [1.165, 1.54) is 5.56 Å². The molecule has 2 aliphatic heterocycles. The number of rotatable bonds is 3. The lowest BCUT2D eigenvalue weighted by atomic mass is 9.93. The summed E-state index contributed by atoms with van der Waals surface area (Å²) in [5, 5.41) is 8.94. The van der Waals surface area contributed by atoms with Gasteiger partial charge >= 0.3 is 0 Å². The second-order valence-corrected chi connectivity index (χ2v) is 8.54. The molecule has 0 radical (unpaired) electrons. The standard InChI is InChI=1S/C23H23N5O/c29-22(23(10-11-23)17-6-2-1-3-7-17)28-18-8-9-19(28)15-27-20(13-18)25-26-21(27)16-5-4-12-24-14-16/h1-7,12,14,18-19H,8-11,13,15H2/t18-,19+/m0/s1. The first-order chi connectivity index (χ1) is 14.3. The minimum atomic E-state index is -0.307. The molecule has 1 saturated heterocycles. The highest BCUT2D eigenvalue weighted by Gasteiger charge is 2.56. The highest BCUT2D eigenvalue weighted by Crippen LogP contribution is 2.51. The second kappa shape index (κ2) is 6.24. The van der Waals surface area contributed by atoms with E-state index < -0.39 is 0 Å². The van der Waals surface area contributed by atoms with Crippen LogP contribution in [0.2, 0.25) is 0 Å². The molecule has 29 heavy (non-hydrogen) atoms. The van der Waals surface area contributed by atoms with Crippen LogP contribution in [0.5, 0.6) is 0 Å². The molecule has 6 nitrogen and oxygen atoms in total. The van der Waals surface area contributed by atoms with Gasteiger partial charge in [0.1, 0.15) is 5.82 Å². The largest absolute Gasteiger partial charge is 0.334 e. The molecule has 1 saturated carbocycles. The minimum absolute atomic E-state index is 0.210. The average Bonchev–Trinajstić information content (AvgIpc) is 3.40. The van der Waals surface area contributed by atoms with Crippen LogP contribution in [0.4, 0.5) is 0 Å². The highest BCUT2D eigenvalue weighted by atomic mass is 16.2. The van der Waals surface area contributed by atoms with E-state index in [4.69, 9.17) is 0 Å². The highest BCUT2D eigenvalue weighted by molar-refractivity contribution is 5.92. The van der Waals surface area contributed by atoms with E-state index in [1.54, 1.807) is 6.20 Å². The van der Waals surface area contributed by atoms with Crippen molar-refractivity contribution in [3.63, 3.8) is 0 Å². The molecule has 2 fully saturated rings. The maximum Gasteiger partial charge on any atom is 0.233 e. The van der Waals surface area contributed by atoms with E-state index in [0.29, 0.717) is 5.91 Å². The monoisotopic (exact) mass is 385 g/mol. The zero-order chi connectivity index (χ0) is 19.4. The summed E-state index contributed by atoms with van der Waals surface area (Å²) in [6.45, 7) is 0.764. The van der Waals surface area contributed by atoms with Crippen LogP contribution in [0.25, 0.3) is 11.4 Å². The number of hydrogen-bond donors (Lipinski definition) is 0. The van der Waals surface area contributed by atoms with Crippen molar-refractivity contribution < 1.29 is 4.79 Å². The fourth-order valence-corrected chi connectivity index (χ4v) is 5.24. The predicted molar refractivity (Wildman–Crippen MR) is 108 cm³/mol. The maximum atomic E-state index is 13.8. The predicted octanol–water partition coefficient (Wildman–Crippen LogP) is 2.99. The topological polar surface area (TPSA) is 63.9 Å². The number of nitrogens with zero attached hydrogens (tertiary/aromatic N) is 5. The van der Waals surface area contributed by atoms with Gasteiger partial charge in [-0.1, -0.05) is 30.3 Å². The number of benzene rings is 1. The van der Waals surface area contributed by atoms with E-state index in [-0.39, 0.29) is 17.5 Å². The molecule has 3 aromatic rings. The summed E-state index contributed by atoms with van der Waals surface area (Å²) >= 11 is 0. The summed E-state index contributed by atoms with van der Waals surface area (Å²) in [6, 6.07) is 14.7. The third kappa shape index (κ3) is 2.55. The van der Waals surface area contributed by atoms with Gasteiger partial charge in [0, 0.05) is 37.0 Å². The molecule has 3 aliphatic rings. The van der Waals surface area contributed by atoms with Gasteiger partial charge in [-0.25, -0.2) is 0 Å². The molecular weight excluding hydrogens is 362 g/mol. The second-order valence-electron chi connectivity index (χ2n) is 8.54. The fraction of sp³-hybridized carbons (Fsp3) is 0.391. The van der Waals surface area contributed by atoms with Crippen LogP contribution in [-0.4, -0.2) is 42.6 Å². The first-order valence-electron chi connectivity index (χ1n) is 10.5. The molecule has 0 spiro atoms. The first-order valence-corrected chi connectivity index (χ1v) is 10.5. The Balaban J connectivity index is 1.34. The molecule has 0 unspecified atom stereocenters. The number of carbonyl (C=O) groups is 1. The molecular formula is C23H23N5O. The van der Waals surface area contributed by atoms with Crippen LogP contribution in [0, 0.1) is 0 Å². The van der Waals surface area contributed by atoms with Gasteiger partial charge in [0.05, 0.1) is 11.5 Å². The van der Waals surface area contributed by atoms with E-state index in [1.807, 2.05) is 36.5 Å². The molecule has 0 N–H and O–H groups in total. The van der Waals surface area contributed by atoms with Crippen molar-refractivity contribution in [3.05, 3.63) is 66.2 Å². The van der Waals surface area contributed by atoms with Crippen molar-refractivity contribution in [1.82, 2.24) is 24.6 Å². The number of fused-ring (bicyclic) bond motifs is 3. The zero-order valence-corrected chi connectivity index (χ0v) is 16.2. The van der Waals surface area contributed by atoms with Crippen molar-refractivity contribution in [2.24, 2.45) is 0 Å². The quantitative estimate of drug-likeness (QED) is 0.695. The van der Waals surface area contributed by atoms with Gasteiger partial charge in [-0.05, 0) is 43.4 Å². The van der Waals surface area contributed by atoms with Crippen LogP contribution >= 0.6 is 0 Å². The Labute approximate surface area is 169 Å². The van der Waals surface area contributed by atoms with Crippen LogP contribution in [0.3, 0.4) is 0 Å². The Bertz CT molecular complexity index is 1060. The van der Waals surface area contributed by atoms with E-state index in [2.05, 4.69) is 36.8 Å². The average molecular weight is 385 g/mol. The SMILES string of the molecule is O=C(N1[C@@H]2CC[C@H]1Cc1nnc(-c3cccnc3)n1C2)C1(c2ccccc2)CC1. The summed E-state index contributed by atoms with van der Waals surface area (Å²) in [5.41, 5.74) is 1.84. The van der Waals surface area contributed by atoms with Crippen molar-refractivity contribution in [1.29, 1.82) is 0 Å². The molecule has 1 amide bonds. The summed E-state index contributed by atoms with van der Waals surface area (Å²) in [6.07, 6.45) is 8.39. The van der Waals surface area contributed by atoms with Gasteiger partial charge in [0.15, 0.2) is 5.82 Å². The summed E-state index contributed by atoms with van der Waals surface area (Å²) in [5.74, 6) is 2.16. The van der Waals surface area contributed by atoms with Gasteiger partial charge in [0.2, 0.25) is 5.91 Å². The fourth-order valence-electron chi connectivity index (χ4n) is 5.24. The summed E-state index contributed by atoms with van der Waals surface area (Å²) in [7, 11) is 0. The molecule has 1 aromatic carbocycles. The van der Waals surface area contributed by atoms with Crippen molar-refractivity contribution in [3.8, 4) is 11.4 Å². The van der Waals surface area contributed by atoms with Gasteiger partial charge in [-0.15, -0.1) is 10.2 Å². The molecule has 4 heterocycles. The first kappa shape index (κ1) is 16.9. The maximum absolute atomic E-state index is 13.8. The molecule has 146 valence electrons. The van der Waals surface area contributed by atoms with Crippen LogP contribution in [0.15, 0.2) is 54.9 Å². The van der Waals surface area contributed by atoms with Crippen molar-refractivity contribution in [2.75, 3.05) is 0 Å². The Morgan fingerprint density at radius 3 is 2.59 bits per heavy atom. The number of carbonyl (C=O) groups excluding carboxylic acids is 1. The zero-order valence-electron chi connectivity index (χ0n) is 16.2. The van der Waals surface area contributed by atoms with Gasteiger partial charge < -0.3 is 9.47 Å². The molecule has 1 aliphatic carbocycles. The summed E-state index contributed by atoms with van der Waals surface area (Å²) < 4.78 is 2.21. The Kier molecular flexibility index (Phi) is 3.63. The number of hydrogen-bond acceptors (Lipinski definition) is 4. The van der Waals surface area contributed by atoms with Crippen LogP contribution in [-0.2, 0) is 23.2 Å². The Hall–Kier alpha value is -3.02. The molecule has 2 bridgehead atoms. The van der Waals surface area contributed by atoms with Crippen molar-refractivity contribution in [2.45, 2.75) is 56.1 Å². The lowest BCUT2D eigenvalue weighted by Gasteiger charge is -2.32. The molecule has 2 atom stereocenters. The molecule has 6 heteroatoms. The van der Waals surface area contributed by atoms with Crippen LogP contribution in [0.1, 0.15) is 37.1 Å². The third-order valence-electron chi connectivity index (χ3n) is 6.90. The normalized spacial score (nSPS) is 24.1. The number of amides is 1. The van der Waals surface area contributed by atoms with E-state index >= 15 is 0 Å². The summed E-state index contributed by atoms with van der Waals surface area (Å²) in [4.78, 5) is 20.2. The smallest absolute Gasteiger partial charge is 0.233 e. The van der Waals surface area contributed by atoms with E-state index in [0.717, 1.165) is 55.9 Å². The molecule has 6 rings (SSSR count). The number of aromatic nitrogens is 4. The third-order valence-corrected chi connectivity index (χ3v) is 6.90. The van der Waals surface area contributed by atoms with Gasteiger partial charge in [-0.2, -0.15) is 0 Å². The van der Waals surface area contributed by atoms with Gasteiger partial charge in [0.25, 0.3) is 0 Å². The van der Waals surface area contributed by atoms with Gasteiger partial charge in [-0.3, -0.25) is 9.78 Å². The van der Waals surface area contributed by atoms with Crippen LogP contribution < -0.4 is 0 Å². The van der Waals surface area contributed by atoms with E-state index in [9.17, 15) is 4.79 Å². The van der Waals surface area contributed by atoms with Crippen molar-refractivity contribution >= 4 is 5.91 Å².